The van der Waals surface area contributed by atoms with E-state index in [1.807, 2.05) is 0 Å². The zero-order valence-electron chi connectivity index (χ0n) is 8.06. The summed E-state index contributed by atoms with van der Waals surface area (Å²) in [6.07, 6.45) is 4.13. The molecule has 0 aromatic carbocycles. The molecule has 1 fully saturated rings. The highest BCUT2D eigenvalue weighted by molar-refractivity contribution is 4.83. The highest BCUT2D eigenvalue weighted by atomic mass is 14.9. The molecule has 0 amide bonds. The summed E-state index contributed by atoms with van der Waals surface area (Å²) in [5, 5.41) is 3.51. The first-order chi connectivity index (χ1) is 5.25. The summed E-state index contributed by atoms with van der Waals surface area (Å²) < 4.78 is 0. The lowest BCUT2D eigenvalue weighted by molar-refractivity contribution is 0.314. The molecule has 1 rings (SSSR count). The van der Waals surface area contributed by atoms with Gasteiger partial charge in [-0.15, -0.1) is 0 Å². The summed E-state index contributed by atoms with van der Waals surface area (Å²) >= 11 is 0. The molecule has 1 saturated heterocycles. The normalized spacial score (nSPS) is 34.1. The molecular formula is C10H21N. The minimum atomic E-state index is 0.761. The van der Waals surface area contributed by atoms with Crippen molar-refractivity contribution in [2.24, 2.45) is 11.8 Å². The molecule has 0 spiro atoms. The lowest BCUT2D eigenvalue weighted by atomic mass is 9.85. The van der Waals surface area contributed by atoms with E-state index in [0.29, 0.717) is 0 Å². The van der Waals surface area contributed by atoms with Crippen molar-refractivity contribution in [2.75, 3.05) is 6.54 Å². The van der Waals surface area contributed by atoms with Crippen LogP contribution in [0.4, 0.5) is 0 Å². The van der Waals surface area contributed by atoms with Gasteiger partial charge in [-0.2, -0.15) is 0 Å². The van der Waals surface area contributed by atoms with Gasteiger partial charge in [-0.05, 0) is 31.7 Å². The van der Waals surface area contributed by atoms with Gasteiger partial charge in [0, 0.05) is 6.04 Å². The van der Waals surface area contributed by atoms with E-state index in [9.17, 15) is 0 Å². The van der Waals surface area contributed by atoms with Crippen LogP contribution in [0, 0.1) is 11.8 Å². The molecule has 1 heterocycles. The van der Waals surface area contributed by atoms with Crippen LogP contribution in [0.2, 0.25) is 0 Å². The molecule has 3 atom stereocenters. The van der Waals surface area contributed by atoms with E-state index in [0.717, 1.165) is 17.9 Å². The second-order valence-corrected chi connectivity index (χ2v) is 3.96. The summed E-state index contributed by atoms with van der Waals surface area (Å²) in [5.74, 6) is 1.86. The van der Waals surface area contributed by atoms with Crippen LogP contribution in [0.5, 0.6) is 0 Å². The summed E-state index contributed by atoms with van der Waals surface area (Å²) in [6, 6.07) is 0.761. The average molecular weight is 155 g/mol. The maximum Gasteiger partial charge on any atom is 0.00700 e. The summed E-state index contributed by atoms with van der Waals surface area (Å²) in [4.78, 5) is 0. The lowest BCUT2D eigenvalue weighted by Gasteiger charge is -2.22. The monoisotopic (exact) mass is 155 g/mol. The molecule has 66 valence electrons. The molecule has 1 nitrogen and oxygen atoms in total. The number of hydrogen-bond acceptors (Lipinski definition) is 1. The van der Waals surface area contributed by atoms with Gasteiger partial charge in [-0.25, -0.2) is 0 Å². The molecular weight excluding hydrogens is 134 g/mol. The Bertz CT molecular complexity index is 111. The minimum absolute atomic E-state index is 0.761. The predicted molar refractivity (Wildman–Crippen MR) is 49.6 cm³/mol. The van der Waals surface area contributed by atoms with Gasteiger partial charge >= 0.3 is 0 Å². The van der Waals surface area contributed by atoms with Crippen LogP contribution in [-0.2, 0) is 0 Å². The Kier molecular flexibility index (Phi) is 3.38. The minimum Gasteiger partial charge on any atom is -0.314 e. The smallest absolute Gasteiger partial charge is 0.00700 e. The fraction of sp³-hybridized carbons (Fsp3) is 1.00. The van der Waals surface area contributed by atoms with E-state index in [2.05, 4.69) is 26.1 Å². The molecule has 0 radical (unpaired) electrons. The molecule has 3 unspecified atom stereocenters. The molecule has 0 bridgehead atoms. The van der Waals surface area contributed by atoms with Gasteiger partial charge < -0.3 is 5.32 Å². The Balaban J connectivity index is 2.33. The average Bonchev–Trinajstić information content (AvgIpc) is 2.36. The van der Waals surface area contributed by atoms with Gasteiger partial charge in [0.15, 0.2) is 0 Å². The first-order valence-corrected chi connectivity index (χ1v) is 4.99. The highest BCUT2D eigenvalue weighted by Gasteiger charge is 2.26. The van der Waals surface area contributed by atoms with Gasteiger partial charge in [0.1, 0.15) is 0 Å². The number of rotatable bonds is 3. The Hall–Kier alpha value is -0.0400. The third kappa shape index (κ3) is 2.19. The maximum atomic E-state index is 3.51. The van der Waals surface area contributed by atoms with Crippen molar-refractivity contribution < 1.29 is 0 Å². The first-order valence-electron chi connectivity index (χ1n) is 4.99. The largest absolute Gasteiger partial charge is 0.314 e. The molecule has 1 aliphatic heterocycles. The summed E-state index contributed by atoms with van der Waals surface area (Å²) in [7, 11) is 0. The first kappa shape index (κ1) is 9.05. The third-order valence-corrected chi connectivity index (χ3v) is 3.06. The molecule has 0 aliphatic carbocycles. The van der Waals surface area contributed by atoms with Crippen molar-refractivity contribution in [2.45, 2.75) is 46.1 Å². The van der Waals surface area contributed by atoms with Crippen LogP contribution < -0.4 is 5.32 Å². The van der Waals surface area contributed by atoms with Crippen molar-refractivity contribution in [1.29, 1.82) is 0 Å². The van der Waals surface area contributed by atoms with Gasteiger partial charge in [0.2, 0.25) is 0 Å². The van der Waals surface area contributed by atoms with Crippen LogP contribution in [0.15, 0.2) is 0 Å². The zero-order chi connectivity index (χ0) is 8.27. The van der Waals surface area contributed by atoms with Crippen LogP contribution in [-0.4, -0.2) is 12.6 Å². The van der Waals surface area contributed by atoms with Crippen molar-refractivity contribution in [1.82, 2.24) is 5.32 Å². The Morgan fingerprint density at radius 2 is 2.27 bits per heavy atom. The van der Waals surface area contributed by atoms with E-state index >= 15 is 0 Å². The SMILES string of the molecule is CCCC(C)C1CCNC1C. The van der Waals surface area contributed by atoms with Crippen molar-refractivity contribution in [3.8, 4) is 0 Å². The van der Waals surface area contributed by atoms with E-state index in [1.54, 1.807) is 0 Å². The predicted octanol–water partition coefficient (Wildman–Crippen LogP) is 2.42. The molecule has 0 saturated carbocycles. The zero-order valence-corrected chi connectivity index (χ0v) is 8.06. The van der Waals surface area contributed by atoms with Gasteiger partial charge in [-0.3, -0.25) is 0 Å². The maximum absolute atomic E-state index is 3.51. The van der Waals surface area contributed by atoms with Crippen LogP contribution >= 0.6 is 0 Å². The fourth-order valence-corrected chi connectivity index (χ4v) is 2.33. The van der Waals surface area contributed by atoms with Gasteiger partial charge in [0.05, 0.1) is 0 Å². The van der Waals surface area contributed by atoms with Crippen LogP contribution in [0.3, 0.4) is 0 Å². The lowest BCUT2D eigenvalue weighted by Crippen LogP contribution is -2.26. The van der Waals surface area contributed by atoms with E-state index in [-0.39, 0.29) is 0 Å². The molecule has 0 aromatic rings. The van der Waals surface area contributed by atoms with Gasteiger partial charge in [-0.1, -0.05) is 26.7 Å². The Labute approximate surface area is 70.6 Å². The highest BCUT2D eigenvalue weighted by Crippen LogP contribution is 2.26. The second kappa shape index (κ2) is 4.10. The standard InChI is InChI=1S/C10H21N/c1-4-5-8(2)10-6-7-11-9(10)3/h8-11H,4-7H2,1-3H3. The van der Waals surface area contributed by atoms with E-state index < -0.39 is 0 Å². The van der Waals surface area contributed by atoms with Crippen LogP contribution in [0.25, 0.3) is 0 Å². The van der Waals surface area contributed by atoms with E-state index in [4.69, 9.17) is 0 Å². The molecule has 1 aliphatic rings. The van der Waals surface area contributed by atoms with Crippen molar-refractivity contribution in [3.05, 3.63) is 0 Å². The fourth-order valence-electron chi connectivity index (χ4n) is 2.33. The quantitative estimate of drug-likeness (QED) is 0.660. The van der Waals surface area contributed by atoms with Crippen LogP contribution in [0.1, 0.15) is 40.0 Å². The van der Waals surface area contributed by atoms with E-state index in [1.165, 1.54) is 25.8 Å². The van der Waals surface area contributed by atoms with Crippen molar-refractivity contribution in [3.63, 3.8) is 0 Å². The Morgan fingerprint density at radius 3 is 2.73 bits per heavy atom. The van der Waals surface area contributed by atoms with Gasteiger partial charge in [0.25, 0.3) is 0 Å². The molecule has 0 aromatic heterocycles. The topological polar surface area (TPSA) is 12.0 Å². The van der Waals surface area contributed by atoms with Crippen molar-refractivity contribution >= 4 is 0 Å². The number of hydrogen-bond donors (Lipinski definition) is 1. The molecule has 11 heavy (non-hydrogen) atoms. The molecule has 1 heteroatoms. The second-order valence-electron chi connectivity index (χ2n) is 3.96. The third-order valence-electron chi connectivity index (χ3n) is 3.06. The summed E-state index contributed by atoms with van der Waals surface area (Å²) in [6.45, 7) is 8.24. The Morgan fingerprint density at radius 1 is 1.55 bits per heavy atom. The number of nitrogens with one attached hydrogen (secondary N) is 1. The molecule has 1 N–H and O–H groups in total. The summed E-state index contributed by atoms with van der Waals surface area (Å²) in [5.41, 5.74) is 0.